The number of rotatable bonds is 5. The Morgan fingerprint density at radius 2 is 1.83 bits per heavy atom. The molecule has 1 amide bonds. The van der Waals surface area contributed by atoms with Crippen LogP contribution in [0.15, 0.2) is 47.9 Å². The largest absolute Gasteiger partial charge is 0.369 e. The number of nitrogens with zero attached hydrogens (tertiary/aromatic N) is 5. The Morgan fingerprint density at radius 3 is 2.59 bits per heavy atom. The molecule has 2 aliphatic heterocycles. The quantitative estimate of drug-likeness (QED) is 0.557. The molecule has 0 radical (unpaired) electrons. The van der Waals surface area contributed by atoms with Crippen molar-refractivity contribution in [3.8, 4) is 0 Å². The van der Waals surface area contributed by atoms with Crippen LogP contribution in [0, 0.1) is 6.92 Å². The van der Waals surface area contributed by atoms with Gasteiger partial charge in [-0.1, -0.05) is 30.0 Å². The first-order chi connectivity index (χ1) is 14.2. The van der Waals surface area contributed by atoms with E-state index in [1.807, 2.05) is 4.90 Å². The summed E-state index contributed by atoms with van der Waals surface area (Å²) >= 11 is 1.42. The molecule has 1 aromatic carbocycles. The average molecular weight is 412 g/mol. The van der Waals surface area contributed by atoms with Gasteiger partial charge in [0.15, 0.2) is 5.16 Å². The van der Waals surface area contributed by atoms with Gasteiger partial charge in [0, 0.05) is 63.4 Å². The summed E-state index contributed by atoms with van der Waals surface area (Å²) in [6.07, 6.45) is 5.70. The van der Waals surface area contributed by atoms with Gasteiger partial charge in [-0.2, -0.15) is 0 Å². The number of para-hydroxylation sites is 1. The molecule has 6 nitrogen and oxygen atoms in total. The summed E-state index contributed by atoms with van der Waals surface area (Å²) in [6, 6.07) is 10.9. The topological polar surface area (TPSA) is 52.6 Å². The maximum atomic E-state index is 12.7. The highest BCUT2D eigenvalue weighted by Gasteiger charge is 2.30. The maximum Gasteiger partial charge on any atom is 0.233 e. The van der Waals surface area contributed by atoms with Gasteiger partial charge in [0.2, 0.25) is 5.91 Å². The Balaban J connectivity index is 1.28. The van der Waals surface area contributed by atoms with E-state index in [1.165, 1.54) is 29.4 Å². The van der Waals surface area contributed by atoms with Crippen molar-refractivity contribution in [3.63, 3.8) is 0 Å². The van der Waals surface area contributed by atoms with Crippen molar-refractivity contribution in [2.45, 2.75) is 31.0 Å². The van der Waals surface area contributed by atoms with E-state index in [1.54, 1.807) is 18.5 Å². The van der Waals surface area contributed by atoms with Crippen LogP contribution in [0.2, 0.25) is 0 Å². The number of amides is 1. The molecule has 2 aromatic rings. The normalized spacial score (nSPS) is 20.7. The number of hydrogen-bond acceptors (Lipinski definition) is 6. The van der Waals surface area contributed by atoms with Gasteiger partial charge in [0.25, 0.3) is 0 Å². The third kappa shape index (κ3) is 5.08. The summed E-state index contributed by atoms with van der Waals surface area (Å²) in [6.45, 7) is 8.13. The van der Waals surface area contributed by atoms with Crippen molar-refractivity contribution in [2.24, 2.45) is 0 Å². The number of thioether (sulfide) groups is 1. The lowest BCUT2D eigenvalue weighted by Crippen LogP contribution is -2.56. The zero-order chi connectivity index (χ0) is 20.1. The van der Waals surface area contributed by atoms with Crippen LogP contribution < -0.4 is 4.90 Å². The van der Waals surface area contributed by atoms with Crippen LogP contribution in [0.1, 0.15) is 18.4 Å². The standard InChI is InChI=1S/C22H29N5OS/c1-18-6-2-3-8-20(18)26-14-12-25(13-15-26)19-7-4-11-27(16-19)21(28)17-29-22-23-9-5-10-24-22/h2-3,5-6,8-10,19H,4,7,11-17H2,1H3/t19-/m1/s1. The van der Waals surface area contributed by atoms with Gasteiger partial charge in [-0.15, -0.1) is 0 Å². The van der Waals surface area contributed by atoms with E-state index >= 15 is 0 Å². The molecule has 7 heteroatoms. The van der Waals surface area contributed by atoms with E-state index in [2.05, 4.69) is 51.0 Å². The van der Waals surface area contributed by atoms with E-state index in [4.69, 9.17) is 0 Å². The van der Waals surface area contributed by atoms with Crippen LogP contribution in [-0.2, 0) is 4.79 Å². The molecule has 0 saturated carbocycles. The second kappa shape index (κ2) is 9.59. The summed E-state index contributed by atoms with van der Waals surface area (Å²) in [5.74, 6) is 0.614. The van der Waals surface area contributed by atoms with Gasteiger partial charge >= 0.3 is 0 Å². The fourth-order valence-electron chi connectivity index (χ4n) is 4.30. The predicted molar refractivity (Wildman–Crippen MR) is 117 cm³/mol. The molecule has 0 aliphatic carbocycles. The predicted octanol–water partition coefficient (Wildman–Crippen LogP) is 2.69. The SMILES string of the molecule is Cc1ccccc1N1CCN([C@@H]2CCCN(C(=O)CSc3ncccn3)C2)CC1. The molecule has 2 aliphatic rings. The lowest BCUT2D eigenvalue weighted by molar-refractivity contribution is -0.130. The molecule has 154 valence electrons. The van der Waals surface area contributed by atoms with Crippen molar-refractivity contribution in [3.05, 3.63) is 48.3 Å². The van der Waals surface area contributed by atoms with Gasteiger partial charge in [0.1, 0.15) is 0 Å². The van der Waals surface area contributed by atoms with Crippen molar-refractivity contribution >= 4 is 23.4 Å². The number of aryl methyl sites for hydroxylation is 1. The second-order valence-electron chi connectivity index (χ2n) is 7.77. The Hall–Kier alpha value is -2.12. The van der Waals surface area contributed by atoms with Gasteiger partial charge in [-0.25, -0.2) is 9.97 Å². The molecule has 0 unspecified atom stereocenters. The minimum Gasteiger partial charge on any atom is -0.369 e. The molecule has 1 aromatic heterocycles. The van der Waals surface area contributed by atoms with Crippen LogP contribution in [0.3, 0.4) is 0 Å². The van der Waals surface area contributed by atoms with E-state index in [-0.39, 0.29) is 5.91 Å². The lowest BCUT2D eigenvalue weighted by Gasteiger charge is -2.44. The molecule has 0 spiro atoms. The number of hydrogen-bond donors (Lipinski definition) is 0. The van der Waals surface area contributed by atoms with Crippen molar-refractivity contribution in [2.75, 3.05) is 49.9 Å². The zero-order valence-corrected chi connectivity index (χ0v) is 17.9. The average Bonchev–Trinajstić information content (AvgIpc) is 2.79. The summed E-state index contributed by atoms with van der Waals surface area (Å²) in [4.78, 5) is 28.2. The Kier molecular flexibility index (Phi) is 6.67. The first-order valence-electron chi connectivity index (χ1n) is 10.4. The Labute approximate surface area is 177 Å². The van der Waals surface area contributed by atoms with E-state index in [0.717, 1.165) is 45.7 Å². The third-order valence-corrected chi connectivity index (χ3v) is 6.76. The first kappa shape index (κ1) is 20.2. The van der Waals surface area contributed by atoms with Crippen LogP contribution in [0.5, 0.6) is 0 Å². The Morgan fingerprint density at radius 1 is 1.07 bits per heavy atom. The molecule has 29 heavy (non-hydrogen) atoms. The molecule has 2 saturated heterocycles. The lowest BCUT2D eigenvalue weighted by atomic mass is 10.0. The summed E-state index contributed by atoms with van der Waals surface area (Å²) < 4.78 is 0. The van der Waals surface area contributed by atoms with Gasteiger partial charge in [-0.05, 0) is 37.5 Å². The molecule has 0 N–H and O–H groups in total. The van der Waals surface area contributed by atoms with E-state index in [0.29, 0.717) is 17.0 Å². The molecular weight excluding hydrogens is 382 g/mol. The number of piperidine rings is 1. The summed E-state index contributed by atoms with van der Waals surface area (Å²) in [7, 11) is 0. The van der Waals surface area contributed by atoms with Crippen molar-refractivity contribution < 1.29 is 4.79 Å². The van der Waals surface area contributed by atoms with Crippen molar-refractivity contribution in [1.82, 2.24) is 19.8 Å². The first-order valence-corrected chi connectivity index (χ1v) is 11.4. The highest BCUT2D eigenvalue weighted by Crippen LogP contribution is 2.24. The number of anilines is 1. The van der Waals surface area contributed by atoms with Gasteiger partial charge in [-0.3, -0.25) is 9.69 Å². The van der Waals surface area contributed by atoms with Crippen LogP contribution in [0.25, 0.3) is 0 Å². The van der Waals surface area contributed by atoms with E-state index < -0.39 is 0 Å². The van der Waals surface area contributed by atoms with Crippen LogP contribution in [-0.4, -0.2) is 76.7 Å². The second-order valence-corrected chi connectivity index (χ2v) is 8.71. The Bertz CT molecular complexity index is 810. The van der Waals surface area contributed by atoms with Crippen LogP contribution >= 0.6 is 11.8 Å². The minimum absolute atomic E-state index is 0.200. The smallest absolute Gasteiger partial charge is 0.233 e. The molecule has 0 bridgehead atoms. The fourth-order valence-corrected chi connectivity index (χ4v) is 5.01. The van der Waals surface area contributed by atoms with Gasteiger partial charge < -0.3 is 9.80 Å². The highest BCUT2D eigenvalue weighted by molar-refractivity contribution is 7.99. The summed E-state index contributed by atoms with van der Waals surface area (Å²) in [5.41, 5.74) is 2.70. The van der Waals surface area contributed by atoms with E-state index in [9.17, 15) is 4.79 Å². The monoisotopic (exact) mass is 411 g/mol. The van der Waals surface area contributed by atoms with Gasteiger partial charge in [0.05, 0.1) is 5.75 Å². The molecule has 1 atom stereocenters. The van der Waals surface area contributed by atoms with Crippen LogP contribution in [0.4, 0.5) is 5.69 Å². The molecule has 3 heterocycles. The number of aromatic nitrogens is 2. The minimum atomic E-state index is 0.200. The third-order valence-electron chi connectivity index (χ3n) is 5.90. The molecule has 2 fully saturated rings. The number of carbonyl (C=O) groups is 1. The van der Waals surface area contributed by atoms with Crippen molar-refractivity contribution in [1.29, 1.82) is 0 Å². The number of carbonyl (C=O) groups excluding carboxylic acids is 1. The molecular formula is C22H29N5OS. The highest BCUT2D eigenvalue weighted by atomic mass is 32.2. The number of piperazine rings is 1. The fraction of sp³-hybridized carbons (Fsp3) is 0.500. The number of benzene rings is 1. The summed E-state index contributed by atoms with van der Waals surface area (Å²) in [5, 5.41) is 0.668. The zero-order valence-electron chi connectivity index (χ0n) is 17.0. The molecule has 4 rings (SSSR count). The number of likely N-dealkylation sites (tertiary alicyclic amines) is 1. The maximum absolute atomic E-state index is 12.7.